The van der Waals surface area contributed by atoms with Crippen LogP contribution in [0.2, 0.25) is 0 Å². The van der Waals surface area contributed by atoms with Gasteiger partial charge in [-0.1, -0.05) is 115 Å². The zero-order chi connectivity index (χ0) is 40.5. The summed E-state index contributed by atoms with van der Waals surface area (Å²) in [6.45, 7) is 0. The number of furan rings is 1. The van der Waals surface area contributed by atoms with Crippen LogP contribution in [-0.4, -0.2) is 0 Å². The lowest BCUT2D eigenvalue weighted by molar-refractivity contribution is -0.00280. The SMILES string of the molecule is c1cc(-c2ccc(N(c3ccc(-c4cccc5ccccc45)cc3)c3cccc4c3oc3ccccc34)cc2C2C3CC4CC(C3)CC2C4)cc(C2C3CC4CC(C3)CC2C4)c1. The van der Waals surface area contributed by atoms with Crippen molar-refractivity contribution in [2.24, 2.45) is 47.3 Å². The van der Waals surface area contributed by atoms with Crippen molar-refractivity contribution >= 4 is 49.8 Å². The van der Waals surface area contributed by atoms with Crippen LogP contribution in [0.15, 0.2) is 156 Å². The van der Waals surface area contributed by atoms with E-state index in [-0.39, 0.29) is 0 Å². The van der Waals surface area contributed by atoms with Gasteiger partial charge in [0.25, 0.3) is 0 Å². The lowest BCUT2D eigenvalue weighted by atomic mass is 9.50. The van der Waals surface area contributed by atoms with Crippen LogP contribution < -0.4 is 4.90 Å². The minimum absolute atomic E-state index is 0.597. The third-order valence-electron chi connectivity index (χ3n) is 17.5. The molecule has 0 unspecified atom stereocenters. The number of nitrogens with zero attached hydrogens (tertiary/aromatic N) is 1. The molecule has 0 saturated heterocycles. The van der Waals surface area contributed by atoms with Crippen LogP contribution in [-0.2, 0) is 0 Å². The second-order valence-corrected chi connectivity index (χ2v) is 21.0. The molecule has 8 aliphatic carbocycles. The predicted octanol–water partition coefficient (Wildman–Crippen LogP) is 16.6. The Kier molecular flexibility index (Phi) is 8.09. The lowest BCUT2D eigenvalue weighted by Gasteiger charge is -2.55. The molecule has 0 N–H and O–H groups in total. The van der Waals surface area contributed by atoms with Crippen molar-refractivity contribution in [3.8, 4) is 22.3 Å². The number of fused-ring (bicyclic) bond motifs is 4. The molecular formula is C60H55NO. The van der Waals surface area contributed by atoms with E-state index < -0.39 is 0 Å². The maximum atomic E-state index is 6.84. The highest BCUT2D eigenvalue weighted by molar-refractivity contribution is 6.10. The predicted molar refractivity (Wildman–Crippen MR) is 256 cm³/mol. The van der Waals surface area contributed by atoms with E-state index in [1.807, 2.05) is 0 Å². The Balaban J connectivity index is 0.939. The van der Waals surface area contributed by atoms with E-state index in [0.717, 1.165) is 81.2 Å². The summed E-state index contributed by atoms with van der Waals surface area (Å²) in [6.07, 6.45) is 14.5. The molecule has 62 heavy (non-hydrogen) atoms. The van der Waals surface area contributed by atoms with E-state index in [1.54, 1.807) is 11.1 Å². The molecule has 0 atom stereocenters. The van der Waals surface area contributed by atoms with E-state index in [2.05, 4.69) is 157 Å². The molecule has 8 aliphatic rings. The molecule has 16 rings (SSSR count). The third kappa shape index (κ3) is 5.67. The van der Waals surface area contributed by atoms with Gasteiger partial charge in [-0.3, -0.25) is 0 Å². The van der Waals surface area contributed by atoms with Gasteiger partial charge < -0.3 is 9.32 Å². The molecule has 8 bridgehead atoms. The van der Waals surface area contributed by atoms with Crippen molar-refractivity contribution in [2.45, 2.75) is 76.0 Å². The van der Waals surface area contributed by atoms with Crippen molar-refractivity contribution in [2.75, 3.05) is 4.90 Å². The highest BCUT2D eigenvalue weighted by Crippen LogP contribution is 2.62. The van der Waals surface area contributed by atoms with Crippen molar-refractivity contribution in [1.82, 2.24) is 0 Å². The molecule has 2 heteroatoms. The van der Waals surface area contributed by atoms with Crippen LogP contribution in [0, 0.1) is 47.3 Å². The Labute approximate surface area is 366 Å². The molecule has 2 nitrogen and oxygen atoms in total. The topological polar surface area (TPSA) is 16.4 Å². The second kappa shape index (κ2) is 14.0. The molecule has 7 aromatic carbocycles. The summed E-state index contributed by atoms with van der Waals surface area (Å²) in [5, 5.41) is 4.89. The largest absolute Gasteiger partial charge is 0.454 e. The molecule has 1 heterocycles. The molecule has 0 aliphatic heterocycles. The Morgan fingerprint density at radius 3 is 1.74 bits per heavy atom. The number of hydrogen-bond acceptors (Lipinski definition) is 2. The highest BCUT2D eigenvalue weighted by atomic mass is 16.3. The average Bonchev–Trinajstić information content (AvgIpc) is 3.68. The maximum Gasteiger partial charge on any atom is 0.159 e. The standard InChI is InChI=1S/C60H55NO/c1-2-12-50-40(8-1)9-6-14-51(50)41-18-20-48(21-19-41)61(56-16-7-15-54-53-13-3-4-17-57(53)62-60(54)56)49-22-23-52(55(35-49)59-46-30-38-25-39(32-46)33-47(59)31-38)42-10-5-11-43(34-42)58-44-26-36-24-37(28-44)29-45(58)27-36/h1-23,34-39,44-47,58-59H,24-33H2. The normalized spacial score (nSPS) is 29.3. The van der Waals surface area contributed by atoms with Gasteiger partial charge in [-0.2, -0.15) is 0 Å². The first kappa shape index (κ1) is 35.9. The van der Waals surface area contributed by atoms with E-state index in [4.69, 9.17) is 4.42 Å². The number of anilines is 3. The number of hydrogen-bond donors (Lipinski definition) is 0. The molecule has 306 valence electrons. The van der Waals surface area contributed by atoms with Crippen LogP contribution in [0.25, 0.3) is 55.0 Å². The molecule has 0 spiro atoms. The Bertz CT molecular complexity index is 2960. The first-order valence-corrected chi connectivity index (χ1v) is 24.2. The number of rotatable bonds is 7. The number of para-hydroxylation sites is 2. The van der Waals surface area contributed by atoms with Gasteiger partial charge in [0.05, 0.1) is 5.69 Å². The van der Waals surface area contributed by atoms with Crippen molar-refractivity contribution in [1.29, 1.82) is 0 Å². The van der Waals surface area contributed by atoms with E-state index in [1.165, 1.54) is 108 Å². The Morgan fingerprint density at radius 1 is 0.403 bits per heavy atom. The summed E-state index contributed by atoms with van der Waals surface area (Å²) in [4.78, 5) is 2.51. The van der Waals surface area contributed by atoms with Gasteiger partial charge in [0, 0.05) is 22.1 Å². The zero-order valence-corrected chi connectivity index (χ0v) is 35.6. The molecule has 8 fully saturated rings. The third-order valence-corrected chi connectivity index (χ3v) is 17.5. The van der Waals surface area contributed by atoms with Crippen LogP contribution in [0.1, 0.15) is 87.2 Å². The summed E-state index contributed by atoms with van der Waals surface area (Å²) in [5.74, 6) is 8.52. The fourth-order valence-electron chi connectivity index (χ4n) is 15.6. The van der Waals surface area contributed by atoms with E-state index >= 15 is 0 Å². The molecular weight excluding hydrogens is 751 g/mol. The molecule has 0 radical (unpaired) electrons. The first-order chi connectivity index (χ1) is 30.6. The molecule has 0 amide bonds. The van der Waals surface area contributed by atoms with Crippen LogP contribution in [0.3, 0.4) is 0 Å². The smallest absolute Gasteiger partial charge is 0.159 e. The summed E-state index contributed by atoms with van der Waals surface area (Å²) < 4.78 is 6.84. The van der Waals surface area contributed by atoms with E-state index in [0.29, 0.717) is 5.92 Å². The van der Waals surface area contributed by atoms with Gasteiger partial charge >= 0.3 is 0 Å². The molecule has 1 aromatic heterocycles. The highest BCUT2D eigenvalue weighted by Gasteiger charge is 2.50. The van der Waals surface area contributed by atoms with Crippen molar-refractivity contribution in [3.05, 3.63) is 163 Å². The Hall–Kier alpha value is -5.60. The van der Waals surface area contributed by atoms with Crippen molar-refractivity contribution in [3.63, 3.8) is 0 Å². The zero-order valence-electron chi connectivity index (χ0n) is 35.6. The summed E-state index contributed by atoms with van der Waals surface area (Å²) >= 11 is 0. The maximum absolute atomic E-state index is 6.84. The monoisotopic (exact) mass is 805 g/mol. The van der Waals surface area contributed by atoms with Crippen molar-refractivity contribution < 1.29 is 4.42 Å². The van der Waals surface area contributed by atoms with Gasteiger partial charge in [0.15, 0.2) is 5.58 Å². The van der Waals surface area contributed by atoms with Crippen LogP contribution in [0.5, 0.6) is 0 Å². The van der Waals surface area contributed by atoms with Gasteiger partial charge in [-0.05, 0) is 204 Å². The van der Waals surface area contributed by atoms with Crippen LogP contribution >= 0.6 is 0 Å². The summed E-state index contributed by atoms with van der Waals surface area (Å²) in [6, 6.07) is 57.6. The first-order valence-electron chi connectivity index (χ1n) is 24.2. The second-order valence-electron chi connectivity index (χ2n) is 21.0. The fraction of sp³-hybridized carbons (Fsp3) is 0.333. The van der Waals surface area contributed by atoms with Gasteiger partial charge in [-0.25, -0.2) is 0 Å². The molecule has 8 saturated carbocycles. The Morgan fingerprint density at radius 2 is 1.00 bits per heavy atom. The number of benzene rings is 7. The van der Waals surface area contributed by atoms with E-state index in [9.17, 15) is 0 Å². The lowest BCUT2D eigenvalue weighted by Crippen LogP contribution is -2.44. The summed E-state index contributed by atoms with van der Waals surface area (Å²) in [5.41, 5.74) is 14.0. The average molecular weight is 806 g/mol. The van der Waals surface area contributed by atoms with Gasteiger partial charge in [-0.15, -0.1) is 0 Å². The minimum atomic E-state index is 0.597. The fourth-order valence-corrected chi connectivity index (χ4v) is 15.6. The summed E-state index contributed by atoms with van der Waals surface area (Å²) in [7, 11) is 0. The quantitative estimate of drug-likeness (QED) is 0.160. The van der Waals surface area contributed by atoms with Crippen LogP contribution in [0.4, 0.5) is 17.1 Å². The molecule has 8 aromatic rings. The van der Waals surface area contributed by atoms with Gasteiger partial charge in [0.1, 0.15) is 5.58 Å². The minimum Gasteiger partial charge on any atom is -0.454 e. The van der Waals surface area contributed by atoms with Gasteiger partial charge in [0.2, 0.25) is 0 Å².